The Morgan fingerprint density at radius 1 is 1.14 bits per heavy atom. The SMILES string of the molecule is CC(Cc1ccco1)NS(=O)(=O)c1ccc(C(C)(C)C)cc1. The molecule has 120 valence electrons. The molecule has 4 nitrogen and oxygen atoms in total. The van der Waals surface area contributed by atoms with Crippen LogP contribution in [0.25, 0.3) is 0 Å². The van der Waals surface area contributed by atoms with Gasteiger partial charge in [0.2, 0.25) is 10.0 Å². The summed E-state index contributed by atoms with van der Waals surface area (Å²) in [7, 11) is -3.52. The molecule has 2 rings (SSSR count). The van der Waals surface area contributed by atoms with Crippen LogP contribution in [0.4, 0.5) is 0 Å². The van der Waals surface area contributed by atoms with E-state index in [1.54, 1.807) is 24.5 Å². The van der Waals surface area contributed by atoms with Crippen molar-refractivity contribution in [3.8, 4) is 0 Å². The zero-order valence-corrected chi connectivity index (χ0v) is 14.3. The third-order valence-electron chi connectivity index (χ3n) is 3.47. The summed E-state index contributed by atoms with van der Waals surface area (Å²) in [4.78, 5) is 0.284. The quantitative estimate of drug-likeness (QED) is 0.917. The van der Waals surface area contributed by atoms with Crippen LogP contribution in [0.5, 0.6) is 0 Å². The number of rotatable bonds is 5. The van der Waals surface area contributed by atoms with E-state index in [0.29, 0.717) is 6.42 Å². The summed E-state index contributed by atoms with van der Waals surface area (Å²) in [5, 5.41) is 0. The Bertz CT molecular complexity index is 695. The number of hydrogen-bond acceptors (Lipinski definition) is 3. The van der Waals surface area contributed by atoms with Gasteiger partial charge >= 0.3 is 0 Å². The van der Waals surface area contributed by atoms with Gasteiger partial charge in [-0.25, -0.2) is 13.1 Å². The first-order valence-corrected chi connectivity index (χ1v) is 8.82. The highest BCUT2D eigenvalue weighted by molar-refractivity contribution is 7.89. The van der Waals surface area contributed by atoms with Crippen molar-refractivity contribution >= 4 is 10.0 Å². The van der Waals surface area contributed by atoms with Crippen molar-refractivity contribution in [2.24, 2.45) is 0 Å². The second kappa shape index (κ2) is 6.26. The van der Waals surface area contributed by atoms with Gasteiger partial charge in [-0.05, 0) is 42.2 Å². The van der Waals surface area contributed by atoms with Crippen LogP contribution in [-0.2, 0) is 21.9 Å². The van der Waals surface area contributed by atoms with Gasteiger partial charge in [-0.3, -0.25) is 0 Å². The fraction of sp³-hybridized carbons (Fsp3) is 0.412. The molecule has 5 heteroatoms. The molecule has 0 saturated heterocycles. The van der Waals surface area contributed by atoms with Gasteiger partial charge in [0.15, 0.2) is 0 Å². The molecule has 0 bridgehead atoms. The molecule has 0 saturated carbocycles. The third kappa shape index (κ3) is 4.21. The number of furan rings is 1. The summed E-state index contributed by atoms with van der Waals surface area (Å²) in [6.07, 6.45) is 2.11. The molecule has 1 atom stereocenters. The summed E-state index contributed by atoms with van der Waals surface area (Å²) in [6, 6.07) is 10.4. The fourth-order valence-electron chi connectivity index (χ4n) is 2.24. The van der Waals surface area contributed by atoms with Crippen LogP contribution in [-0.4, -0.2) is 14.5 Å². The zero-order valence-electron chi connectivity index (χ0n) is 13.5. The van der Waals surface area contributed by atoms with Gasteiger partial charge in [-0.1, -0.05) is 32.9 Å². The summed E-state index contributed by atoms with van der Waals surface area (Å²) in [6.45, 7) is 8.12. The van der Waals surface area contributed by atoms with Gasteiger partial charge in [-0.2, -0.15) is 0 Å². The van der Waals surface area contributed by atoms with Crippen molar-refractivity contribution in [2.45, 2.75) is 50.5 Å². The van der Waals surface area contributed by atoms with Crippen molar-refractivity contribution in [1.29, 1.82) is 0 Å². The Hall–Kier alpha value is -1.59. The number of nitrogens with one attached hydrogen (secondary N) is 1. The number of hydrogen-bond donors (Lipinski definition) is 1. The lowest BCUT2D eigenvalue weighted by Gasteiger charge is -2.19. The molecule has 0 aliphatic carbocycles. The molecule has 1 aromatic heterocycles. The Morgan fingerprint density at radius 3 is 2.27 bits per heavy atom. The number of benzene rings is 1. The Balaban J connectivity index is 2.09. The highest BCUT2D eigenvalue weighted by atomic mass is 32.2. The third-order valence-corrected chi connectivity index (χ3v) is 5.08. The van der Waals surface area contributed by atoms with E-state index >= 15 is 0 Å². The Morgan fingerprint density at radius 2 is 1.77 bits per heavy atom. The first-order valence-electron chi connectivity index (χ1n) is 7.34. The largest absolute Gasteiger partial charge is 0.469 e. The van der Waals surface area contributed by atoms with Crippen LogP contribution < -0.4 is 4.72 Å². The van der Waals surface area contributed by atoms with E-state index in [1.807, 2.05) is 25.1 Å². The summed E-state index contributed by atoms with van der Waals surface area (Å²) < 4.78 is 32.7. The zero-order chi connectivity index (χ0) is 16.4. The van der Waals surface area contributed by atoms with Gasteiger partial charge < -0.3 is 4.42 Å². The first kappa shape index (κ1) is 16.8. The molecule has 0 spiro atoms. The highest BCUT2D eigenvalue weighted by Gasteiger charge is 2.20. The maximum Gasteiger partial charge on any atom is 0.240 e. The van der Waals surface area contributed by atoms with Crippen molar-refractivity contribution in [3.05, 3.63) is 54.0 Å². The Kier molecular flexibility index (Phi) is 4.78. The molecule has 0 amide bonds. The average molecular weight is 321 g/mol. The van der Waals surface area contributed by atoms with Crippen LogP contribution in [0.1, 0.15) is 39.0 Å². The Labute approximate surface area is 132 Å². The lowest BCUT2D eigenvalue weighted by atomic mass is 9.87. The molecule has 1 unspecified atom stereocenters. The highest BCUT2D eigenvalue weighted by Crippen LogP contribution is 2.23. The summed E-state index contributed by atoms with van der Waals surface area (Å²) in [5.74, 6) is 0.762. The molecule has 0 aliphatic rings. The van der Waals surface area contributed by atoms with E-state index in [4.69, 9.17) is 4.42 Å². The summed E-state index contributed by atoms with van der Waals surface area (Å²) >= 11 is 0. The van der Waals surface area contributed by atoms with Gasteiger partial charge in [0.25, 0.3) is 0 Å². The van der Waals surface area contributed by atoms with Crippen molar-refractivity contribution in [1.82, 2.24) is 4.72 Å². The molecule has 1 N–H and O–H groups in total. The van der Waals surface area contributed by atoms with Gasteiger partial charge in [-0.15, -0.1) is 0 Å². The van der Waals surface area contributed by atoms with E-state index in [9.17, 15) is 8.42 Å². The van der Waals surface area contributed by atoms with Gasteiger partial charge in [0, 0.05) is 12.5 Å². The molecule has 1 aromatic carbocycles. The van der Waals surface area contributed by atoms with Crippen molar-refractivity contribution in [3.63, 3.8) is 0 Å². The average Bonchev–Trinajstić information content (AvgIpc) is 2.90. The number of sulfonamides is 1. The van der Waals surface area contributed by atoms with Crippen LogP contribution in [0.3, 0.4) is 0 Å². The van der Waals surface area contributed by atoms with E-state index in [-0.39, 0.29) is 16.4 Å². The van der Waals surface area contributed by atoms with Crippen LogP contribution in [0, 0.1) is 0 Å². The minimum Gasteiger partial charge on any atom is -0.469 e. The van der Waals surface area contributed by atoms with Crippen molar-refractivity contribution < 1.29 is 12.8 Å². The predicted molar refractivity (Wildman–Crippen MR) is 87.3 cm³/mol. The minimum atomic E-state index is -3.52. The maximum absolute atomic E-state index is 12.4. The maximum atomic E-state index is 12.4. The molecular formula is C17H23NO3S. The molecule has 1 heterocycles. The fourth-order valence-corrected chi connectivity index (χ4v) is 3.48. The molecule has 0 aliphatic heterocycles. The minimum absolute atomic E-state index is 0.00228. The topological polar surface area (TPSA) is 59.3 Å². The van der Waals surface area contributed by atoms with E-state index in [1.165, 1.54) is 0 Å². The second-order valence-corrected chi connectivity index (χ2v) is 8.29. The van der Waals surface area contributed by atoms with Gasteiger partial charge in [0.05, 0.1) is 11.2 Å². The summed E-state index contributed by atoms with van der Waals surface area (Å²) in [5.41, 5.74) is 1.11. The molecule has 0 fully saturated rings. The molecular weight excluding hydrogens is 298 g/mol. The molecule has 22 heavy (non-hydrogen) atoms. The van der Waals surface area contributed by atoms with E-state index in [0.717, 1.165) is 11.3 Å². The standard InChI is InChI=1S/C17H23NO3S/c1-13(12-15-6-5-11-21-15)18-22(19,20)16-9-7-14(8-10-16)17(2,3)4/h5-11,13,18H,12H2,1-4H3. The van der Waals surface area contributed by atoms with E-state index in [2.05, 4.69) is 25.5 Å². The normalized spacial score (nSPS) is 14.0. The second-order valence-electron chi connectivity index (χ2n) is 6.58. The van der Waals surface area contributed by atoms with Crippen LogP contribution in [0.2, 0.25) is 0 Å². The lowest BCUT2D eigenvalue weighted by Crippen LogP contribution is -2.34. The lowest BCUT2D eigenvalue weighted by molar-refractivity contribution is 0.479. The van der Waals surface area contributed by atoms with Crippen molar-refractivity contribution in [2.75, 3.05) is 0 Å². The molecule has 2 aromatic rings. The smallest absolute Gasteiger partial charge is 0.240 e. The van der Waals surface area contributed by atoms with Crippen LogP contribution in [0.15, 0.2) is 52.0 Å². The van der Waals surface area contributed by atoms with Gasteiger partial charge in [0.1, 0.15) is 5.76 Å². The molecule has 0 radical (unpaired) electrons. The first-order chi connectivity index (χ1) is 10.2. The predicted octanol–water partition coefficient (Wildman–Crippen LogP) is 3.49. The van der Waals surface area contributed by atoms with Crippen LogP contribution >= 0.6 is 0 Å². The van der Waals surface area contributed by atoms with E-state index < -0.39 is 10.0 Å². The monoisotopic (exact) mass is 321 g/mol.